The Morgan fingerprint density at radius 3 is 2.05 bits per heavy atom. The molecule has 2 atom stereocenters. The molecule has 0 fully saturated rings. The fraction of sp³-hybridized carbons (Fsp3) is 0.571. The lowest BCUT2D eigenvalue weighted by atomic mass is 10.0. The highest BCUT2D eigenvalue weighted by Crippen LogP contribution is 2.27. The van der Waals surface area contributed by atoms with E-state index in [0.717, 1.165) is 18.9 Å². The van der Waals surface area contributed by atoms with Gasteiger partial charge in [-0.3, -0.25) is 0 Å². The maximum Gasteiger partial charge on any atom is 0.177 e. The zero-order valence-corrected chi connectivity index (χ0v) is 14.7. The van der Waals surface area contributed by atoms with Gasteiger partial charge in [-0.1, -0.05) is 20.3 Å². The summed E-state index contributed by atoms with van der Waals surface area (Å²) in [7, 11) is -6.97. The molecule has 1 aromatic rings. The van der Waals surface area contributed by atoms with E-state index in [1.807, 2.05) is 6.92 Å². The third kappa shape index (κ3) is 4.71. The van der Waals surface area contributed by atoms with E-state index in [1.54, 1.807) is 0 Å². The molecule has 1 N–H and O–H groups in total. The van der Waals surface area contributed by atoms with Gasteiger partial charge < -0.3 is 5.32 Å². The average Bonchev–Trinajstić information content (AvgIpc) is 2.35. The van der Waals surface area contributed by atoms with Gasteiger partial charge in [0.1, 0.15) is 0 Å². The summed E-state index contributed by atoms with van der Waals surface area (Å²) in [6, 6.07) is 4.25. The van der Waals surface area contributed by atoms with Crippen LogP contribution in [0.5, 0.6) is 0 Å². The minimum absolute atomic E-state index is 0.00432. The van der Waals surface area contributed by atoms with Crippen molar-refractivity contribution in [3.8, 4) is 0 Å². The maximum absolute atomic E-state index is 11.9. The molecule has 5 nitrogen and oxygen atoms in total. The second kappa shape index (κ2) is 6.36. The number of nitrogens with one attached hydrogen (secondary N) is 1. The van der Waals surface area contributed by atoms with Crippen LogP contribution in [0.15, 0.2) is 28.0 Å². The third-order valence-corrected chi connectivity index (χ3v) is 5.91. The van der Waals surface area contributed by atoms with Crippen molar-refractivity contribution in [1.29, 1.82) is 0 Å². The lowest BCUT2D eigenvalue weighted by Crippen LogP contribution is -2.24. The first-order valence-corrected chi connectivity index (χ1v) is 10.6. The van der Waals surface area contributed by atoms with E-state index in [2.05, 4.69) is 19.2 Å². The molecule has 0 saturated heterocycles. The minimum Gasteiger partial charge on any atom is -0.381 e. The van der Waals surface area contributed by atoms with Crippen LogP contribution in [0.25, 0.3) is 0 Å². The number of hydrogen-bond acceptors (Lipinski definition) is 5. The first-order valence-electron chi connectivity index (χ1n) is 6.77. The van der Waals surface area contributed by atoms with Crippen molar-refractivity contribution >= 4 is 25.4 Å². The summed E-state index contributed by atoms with van der Waals surface area (Å²) in [6.07, 6.45) is 3.10. The topological polar surface area (TPSA) is 80.3 Å². The van der Waals surface area contributed by atoms with Crippen LogP contribution in [-0.2, 0) is 19.7 Å². The highest BCUT2D eigenvalue weighted by Gasteiger charge is 2.20. The fourth-order valence-electron chi connectivity index (χ4n) is 1.90. The Bertz CT molecular complexity index is 708. The van der Waals surface area contributed by atoms with Crippen LogP contribution in [0.4, 0.5) is 5.69 Å². The summed E-state index contributed by atoms with van der Waals surface area (Å²) in [4.78, 5) is 0.0187. The lowest BCUT2D eigenvalue weighted by molar-refractivity contribution is 0.494. The molecule has 0 aromatic heterocycles. The summed E-state index contributed by atoms with van der Waals surface area (Å²) < 4.78 is 47.0. The fourth-order valence-corrected chi connectivity index (χ4v) is 3.49. The predicted molar refractivity (Wildman–Crippen MR) is 85.2 cm³/mol. The molecule has 0 radical (unpaired) electrons. The molecule has 1 aromatic carbocycles. The lowest BCUT2D eigenvalue weighted by Gasteiger charge is -2.22. The van der Waals surface area contributed by atoms with Crippen molar-refractivity contribution < 1.29 is 16.8 Å². The molecule has 1 rings (SSSR count). The Labute approximate surface area is 127 Å². The van der Waals surface area contributed by atoms with Gasteiger partial charge in [-0.25, -0.2) is 16.8 Å². The molecular formula is C14H23NO4S2. The van der Waals surface area contributed by atoms with Crippen LogP contribution >= 0.6 is 0 Å². The van der Waals surface area contributed by atoms with Crippen LogP contribution in [0.1, 0.15) is 27.2 Å². The largest absolute Gasteiger partial charge is 0.381 e. The standard InChI is InChI=1S/C14H23NO4S2/c1-6-10(2)11(3)15-13-8-7-12(20(4,16)17)9-14(13)21(5,18)19/h7-11,15H,6H2,1-5H3/t10-,11+/m1/s1. The molecule has 0 aliphatic carbocycles. The molecule has 0 spiro atoms. The van der Waals surface area contributed by atoms with Gasteiger partial charge >= 0.3 is 0 Å². The van der Waals surface area contributed by atoms with Gasteiger partial charge in [-0.2, -0.15) is 0 Å². The van der Waals surface area contributed by atoms with Crippen LogP contribution in [0.2, 0.25) is 0 Å². The number of hydrogen-bond donors (Lipinski definition) is 1. The average molecular weight is 333 g/mol. The van der Waals surface area contributed by atoms with Gasteiger partial charge in [0.25, 0.3) is 0 Å². The molecule has 0 saturated carbocycles. The Morgan fingerprint density at radius 1 is 1.05 bits per heavy atom. The Morgan fingerprint density at radius 2 is 1.62 bits per heavy atom. The number of sulfone groups is 2. The molecular weight excluding hydrogens is 310 g/mol. The molecule has 0 aliphatic heterocycles. The van der Waals surface area contributed by atoms with Crippen molar-refractivity contribution in [2.24, 2.45) is 5.92 Å². The molecule has 0 unspecified atom stereocenters. The predicted octanol–water partition coefficient (Wildman–Crippen LogP) is 2.34. The van der Waals surface area contributed by atoms with Crippen molar-refractivity contribution in [2.75, 3.05) is 17.8 Å². The first-order chi connectivity index (χ1) is 9.46. The molecule has 0 heterocycles. The van der Waals surface area contributed by atoms with E-state index < -0.39 is 19.7 Å². The summed E-state index contributed by atoms with van der Waals surface area (Å²) >= 11 is 0. The zero-order chi connectivity index (χ0) is 16.4. The minimum atomic E-state index is -3.52. The smallest absolute Gasteiger partial charge is 0.177 e. The van der Waals surface area contributed by atoms with Gasteiger partial charge in [0.15, 0.2) is 19.7 Å². The van der Waals surface area contributed by atoms with E-state index in [0.29, 0.717) is 11.6 Å². The summed E-state index contributed by atoms with van der Waals surface area (Å²) in [5.41, 5.74) is 0.442. The molecule has 21 heavy (non-hydrogen) atoms. The van der Waals surface area contributed by atoms with Crippen molar-refractivity contribution in [3.05, 3.63) is 18.2 Å². The quantitative estimate of drug-likeness (QED) is 0.864. The normalized spacial score (nSPS) is 15.5. The Hall–Kier alpha value is -1.08. The van der Waals surface area contributed by atoms with E-state index in [1.165, 1.54) is 18.2 Å². The molecule has 0 amide bonds. The van der Waals surface area contributed by atoms with Crippen molar-refractivity contribution in [3.63, 3.8) is 0 Å². The monoisotopic (exact) mass is 333 g/mol. The second-order valence-electron chi connectivity index (χ2n) is 5.52. The maximum atomic E-state index is 11.9. The number of benzene rings is 1. The van der Waals surface area contributed by atoms with Crippen LogP contribution < -0.4 is 5.32 Å². The van der Waals surface area contributed by atoms with E-state index in [4.69, 9.17) is 0 Å². The molecule has 0 bridgehead atoms. The van der Waals surface area contributed by atoms with E-state index in [-0.39, 0.29) is 15.8 Å². The molecule has 0 aliphatic rings. The van der Waals surface area contributed by atoms with Crippen molar-refractivity contribution in [2.45, 2.75) is 43.0 Å². The van der Waals surface area contributed by atoms with E-state index in [9.17, 15) is 16.8 Å². The Balaban J connectivity index is 3.34. The number of anilines is 1. The van der Waals surface area contributed by atoms with Gasteiger partial charge in [-0.05, 0) is 31.0 Å². The Kier molecular flexibility index (Phi) is 5.44. The van der Waals surface area contributed by atoms with Gasteiger partial charge in [-0.15, -0.1) is 0 Å². The van der Waals surface area contributed by atoms with Crippen molar-refractivity contribution in [1.82, 2.24) is 0 Å². The van der Waals surface area contributed by atoms with Gasteiger partial charge in [0.2, 0.25) is 0 Å². The van der Waals surface area contributed by atoms with Gasteiger partial charge in [0, 0.05) is 18.6 Å². The summed E-state index contributed by atoms with van der Waals surface area (Å²) in [5, 5.41) is 3.17. The SMILES string of the molecule is CC[C@@H](C)[C@H](C)Nc1ccc(S(C)(=O)=O)cc1S(C)(=O)=O. The van der Waals surface area contributed by atoms with E-state index >= 15 is 0 Å². The molecule has 7 heteroatoms. The summed E-state index contributed by atoms with van der Waals surface area (Å²) in [5.74, 6) is 0.368. The second-order valence-corrected chi connectivity index (χ2v) is 9.52. The number of rotatable bonds is 6. The van der Waals surface area contributed by atoms with Crippen LogP contribution in [0, 0.1) is 5.92 Å². The van der Waals surface area contributed by atoms with Crippen LogP contribution in [0.3, 0.4) is 0 Å². The van der Waals surface area contributed by atoms with Crippen LogP contribution in [-0.4, -0.2) is 35.4 Å². The highest BCUT2D eigenvalue weighted by molar-refractivity contribution is 7.91. The highest BCUT2D eigenvalue weighted by atomic mass is 32.2. The third-order valence-electron chi connectivity index (χ3n) is 3.66. The zero-order valence-electron chi connectivity index (χ0n) is 13.0. The summed E-state index contributed by atoms with van der Waals surface area (Å²) in [6.45, 7) is 6.11. The molecule has 120 valence electrons. The first kappa shape index (κ1) is 18.0. The van der Waals surface area contributed by atoms with Gasteiger partial charge in [0.05, 0.1) is 15.5 Å².